The number of hydrogen-bond donors (Lipinski definition) is 3. The Morgan fingerprint density at radius 2 is 1.92 bits per heavy atom. The van der Waals surface area contributed by atoms with Crippen LogP contribution in [-0.2, 0) is 30.3 Å². The van der Waals surface area contributed by atoms with Gasteiger partial charge in [0.2, 0.25) is 11.8 Å². The number of methoxy groups -OCH3 is 1. The number of alkyl carbamates (subject to hydrolysis) is 1. The molecule has 14 heteroatoms. The topological polar surface area (TPSA) is 158 Å². The van der Waals surface area contributed by atoms with Crippen molar-refractivity contribution in [2.24, 2.45) is 5.92 Å². The van der Waals surface area contributed by atoms with Gasteiger partial charge in [-0.25, -0.2) is 9.59 Å². The molecule has 2 fully saturated rings. The molecule has 294 valence electrons. The molecule has 0 spiro atoms. The average Bonchev–Trinajstić information content (AvgIpc) is 3.81. The third-order valence-corrected chi connectivity index (χ3v) is 11.4. The van der Waals surface area contributed by atoms with Gasteiger partial charge in [-0.3, -0.25) is 14.9 Å². The number of halogens is 1. The molecule has 3 N–H and O–H groups in total. The predicted octanol–water partition coefficient (Wildman–Crippen LogP) is 6.22. The summed E-state index contributed by atoms with van der Waals surface area (Å²) in [5.74, 6) is -0.803. The van der Waals surface area contributed by atoms with Crippen LogP contribution in [-0.4, -0.2) is 101 Å². The number of fused-ring (bicyclic) bond motifs is 5. The second kappa shape index (κ2) is 20.1. The fourth-order valence-corrected chi connectivity index (χ4v) is 6.86. The largest absolute Gasteiger partial charge is 0.495 e. The first-order valence-corrected chi connectivity index (χ1v) is 19.2. The first kappa shape index (κ1) is 45.5. The van der Waals surface area contributed by atoms with E-state index < -0.39 is 35.5 Å². The SMILES string of the molecule is C#C.COc1cc2cc(c1Cl)N(C)C(=O)CC[C@]1(C)O[C@H]1[C@H](C)[C@@H]1C[C@](O)(C/C=C/C=C(\C)C2)NC(=O)O1.CSC(C)CCC(=O)N(C)[C@H](C)C(=O)O. The van der Waals surface area contributed by atoms with Crippen LogP contribution in [0, 0.1) is 18.8 Å². The Kier molecular flexibility index (Phi) is 17.3. The molecule has 12 nitrogen and oxygen atoms in total. The van der Waals surface area contributed by atoms with Crippen LogP contribution < -0.4 is 15.0 Å². The number of anilines is 1. The number of aliphatic hydroxyl groups is 1. The van der Waals surface area contributed by atoms with Crippen LogP contribution in [0.15, 0.2) is 35.9 Å². The second-order valence-corrected chi connectivity index (χ2v) is 15.7. The number of carbonyl (C=O) groups is 4. The van der Waals surface area contributed by atoms with Crippen molar-refractivity contribution >= 4 is 52.9 Å². The van der Waals surface area contributed by atoms with Crippen molar-refractivity contribution in [3.63, 3.8) is 0 Å². The number of likely N-dealkylation sites (N-methyl/N-ethyl adjacent to an activating group) is 1. The van der Waals surface area contributed by atoms with Gasteiger partial charge in [0.15, 0.2) is 0 Å². The standard InChI is InChI=1S/C27H35ClN2O6.C10H19NO3S.C2H2/c1-16-8-6-7-10-27(33)15-21(35-25(32)29-27)17(2)24-26(3,36-24)11-9-22(31)30(4)19-13-18(12-16)14-20(34-5)23(19)28;1-7(15-4)5-6-9(12)11(3)8(2)10(13)14;1-2/h6-8,13-14,17,21,24,33H,9-12,15H2,1-5H3,(H,29,32);7-8H,5-6H2,1-4H3,(H,13,14);1-2H/b7-6+,16-8+;;/t17-,21+,24+,26+,27-;7?,8-;/m11./s1. The number of terminal acetylenes is 1. The van der Waals surface area contributed by atoms with Crippen molar-refractivity contribution in [2.75, 3.05) is 32.4 Å². The summed E-state index contributed by atoms with van der Waals surface area (Å²) < 4.78 is 17.0. The summed E-state index contributed by atoms with van der Waals surface area (Å²) in [5, 5.41) is 23.2. The zero-order valence-corrected chi connectivity index (χ0v) is 33.9. The number of benzene rings is 1. The van der Waals surface area contributed by atoms with Gasteiger partial charge in [-0.1, -0.05) is 49.2 Å². The molecular formula is C39H56ClN3O9S. The normalized spacial score (nSPS) is 28.3. The molecule has 3 aliphatic rings. The van der Waals surface area contributed by atoms with Crippen LogP contribution in [0.25, 0.3) is 0 Å². The van der Waals surface area contributed by atoms with Gasteiger partial charge in [0.1, 0.15) is 28.6 Å². The lowest BCUT2D eigenvalue weighted by atomic mass is 9.85. The number of ether oxygens (including phenoxy) is 3. The lowest BCUT2D eigenvalue weighted by molar-refractivity contribution is -0.148. The summed E-state index contributed by atoms with van der Waals surface area (Å²) >= 11 is 8.29. The Labute approximate surface area is 323 Å². The first-order chi connectivity index (χ1) is 24.8. The Bertz CT molecular complexity index is 1550. The number of nitrogens with zero attached hydrogens (tertiary/aromatic N) is 2. The fourth-order valence-electron chi connectivity index (χ4n) is 6.19. The zero-order chi connectivity index (χ0) is 40.3. The minimum Gasteiger partial charge on any atom is -0.495 e. The van der Waals surface area contributed by atoms with E-state index in [1.165, 1.54) is 18.9 Å². The molecule has 4 rings (SSSR count). The Balaban J connectivity index is 0.000000483. The van der Waals surface area contributed by atoms with E-state index in [-0.39, 0.29) is 43.1 Å². The number of hydrogen-bond acceptors (Lipinski definition) is 9. The molecule has 7 atom stereocenters. The van der Waals surface area contributed by atoms with Gasteiger partial charge in [0.05, 0.1) is 24.5 Å². The number of amides is 3. The van der Waals surface area contributed by atoms with Gasteiger partial charge in [-0.05, 0) is 64.0 Å². The number of carboxylic acids is 1. The second-order valence-electron chi connectivity index (χ2n) is 14.0. The smallest absolute Gasteiger partial charge is 0.409 e. The van der Waals surface area contributed by atoms with Gasteiger partial charge in [0, 0.05) is 50.9 Å². The van der Waals surface area contributed by atoms with E-state index in [0.29, 0.717) is 41.0 Å². The van der Waals surface area contributed by atoms with Crippen LogP contribution >= 0.6 is 23.4 Å². The zero-order valence-electron chi connectivity index (χ0n) is 32.3. The average molecular weight is 778 g/mol. The van der Waals surface area contributed by atoms with E-state index in [1.54, 1.807) is 30.8 Å². The molecular weight excluding hydrogens is 722 g/mol. The molecule has 0 aliphatic carbocycles. The highest BCUT2D eigenvalue weighted by Gasteiger charge is 2.58. The number of allylic oxidation sites excluding steroid dienone is 3. The van der Waals surface area contributed by atoms with E-state index >= 15 is 0 Å². The summed E-state index contributed by atoms with van der Waals surface area (Å²) in [6, 6.07) is 3.04. The molecule has 1 aromatic rings. The quantitative estimate of drug-likeness (QED) is 0.215. The van der Waals surface area contributed by atoms with Crippen molar-refractivity contribution < 1.29 is 43.6 Å². The number of nitrogens with one attached hydrogen (secondary N) is 1. The molecule has 4 bridgehead atoms. The van der Waals surface area contributed by atoms with Gasteiger partial charge in [-0.2, -0.15) is 11.8 Å². The highest BCUT2D eigenvalue weighted by molar-refractivity contribution is 7.99. The molecule has 3 heterocycles. The first-order valence-electron chi connectivity index (χ1n) is 17.5. The number of carboxylic acid groups (broad SMARTS) is 1. The number of thioether (sulfide) groups is 1. The van der Waals surface area contributed by atoms with E-state index in [2.05, 4.69) is 25.1 Å². The Morgan fingerprint density at radius 1 is 1.26 bits per heavy atom. The monoisotopic (exact) mass is 777 g/mol. The Morgan fingerprint density at radius 3 is 2.53 bits per heavy atom. The van der Waals surface area contributed by atoms with Crippen molar-refractivity contribution in [3.8, 4) is 18.6 Å². The minimum absolute atomic E-state index is 0.0879. The molecule has 1 aromatic carbocycles. The van der Waals surface area contributed by atoms with Gasteiger partial charge >= 0.3 is 12.1 Å². The molecule has 3 aliphatic heterocycles. The van der Waals surface area contributed by atoms with Crippen LogP contribution in [0.1, 0.15) is 78.7 Å². The van der Waals surface area contributed by atoms with Crippen molar-refractivity contribution in [2.45, 2.75) is 114 Å². The molecule has 0 aromatic heterocycles. The highest BCUT2D eigenvalue weighted by Crippen LogP contribution is 2.47. The maximum Gasteiger partial charge on any atom is 0.409 e. The number of aliphatic carboxylic acids is 1. The molecule has 53 heavy (non-hydrogen) atoms. The van der Waals surface area contributed by atoms with Gasteiger partial charge < -0.3 is 34.2 Å². The summed E-state index contributed by atoms with van der Waals surface area (Å²) in [5.41, 5.74) is 0.692. The van der Waals surface area contributed by atoms with Crippen LogP contribution in [0.5, 0.6) is 5.75 Å². The third-order valence-electron chi connectivity index (χ3n) is 9.96. The third kappa shape index (κ3) is 12.7. The summed E-state index contributed by atoms with van der Waals surface area (Å²) in [6.07, 6.45) is 17.4. The lowest BCUT2D eigenvalue weighted by Gasteiger charge is -2.38. The minimum atomic E-state index is -1.40. The fraction of sp³-hybridized carbons (Fsp3) is 0.590. The van der Waals surface area contributed by atoms with E-state index in [9.17, 15) is 24.3 Å². The predicted molar refractivity (Wildman–Crippen MR) is 209 cm³/mol. The van der Waals surface area contributed by atoms with Crippen LogP contribution in [0.2, 0.25) is 5.02 Å². The highest BCUT2D eigenvalue weighted by atomic mass is 35.5. The number of carbonyl (C=O) groups excluding carboxylic acids is 3. The number of epoxide rings is 1. The van der Waals surface area contributed by atoms with Crippen LogP contribution in [0.3, 0.4) is 0 Å². The van der Waals surface area contributed by atoms with Crippen LogP contribution in [0.4, 0.5) is 10.5 Å². The van der Waals surface area contributed by atoms with Crippen molar-refractivity contribution in [1.82, 2.24) is 10.2 Å². The van der Waals surface area contributed by atoms with Crippen molar-refractivity contribution in [1.29, 1.82) is 0 Å². The lowest BCUT2D eigenvalue weighted by Crippen LogP contribution is -2.57. The van der Waals surface area contributed by atoms with E-state index in [4.69, 9.17) is 30.9 Å². The summed E-state index contributed by atoms with van der Waals surface area (Å²) in [7, 11) is 4.80. The molecule has 2 saturated heterocycles. The molecule has 3 amide bonds. The van der Waals surface area contributed by atoms with Crippen molar-refractivity contribution in [3.05, 3.63) is 46.5 Å². The van der Waals surface area contributed by atoms with E-state index in [1.807, 2.05) is 57.4 Å². The summed E-state index contributed by atoms with van der Waals surface area (Å²) in [6.45, 7) is 9.48. The maximum absolute atomic E-state index is 13.2. The summed E-state index contributed by atoms with van der Waals surface area (Å²) in [4.78, 5) is 50.5. The number of rotatable bonds is 7. The van der Waals surface area contributed by atoms with Gasteiger partial charge in [0.25, 0.3) is 0 Å². The van der Waals surface area contributed by atoms with E-state index in [0.717, 1.165) is 17.6 Å². The maximum atomic E-state index is 13.2. The molecule has 1 unspecified atom stereocenters. The van der Waals surface area contributed by atoms with Gasteiger partial charge in [-0.15, -0.1) is 12.8 Å². The Hall–Kier alpha value is -3.70. The molecule has 0 saturated carbocycles. The molecule has 0 radical (unpaired) electrons.